The first-order chi connectivity index (χ1) is 12.1. The Morgan fingerprint density at radius 1 is 0.840 bits per heavy atom. The van der Waals surface area contributed by atoms with Crippen molar-refractivity contribution >= 4 is 17.6 Å². The van der Waals surface area contributed by atoms with E-state index in [1.807, 2.05) is 6.92 Å². The lowest BCUT2D eigenvalue weighted by molar-refractivity contribution is -0.121. The molecule has 0 spiro atoms. The van der Waals surface area contributed by atoms with Crippen LogP contribution in [-0.4, -0.2) is 24.2 Å². The van der Waals surface area contributed by atoms with E-state index >= 15 is 0 Å². The number of hydrazine groups is 1. The van der Waals surface area contributed by atoms with Gasteiger partial charge in [-0.15, -0.1) is 0 Å². The Labute approximate surface area is 146 Å². The zero-order valence-electron chi connectivity index (χ0n) is 14.0. The number of carbonyl (C=O) groups is 3. The summed E-state index contributed by atoms with van der Waals surface area (Å²) in [5, 5.41) is 0. The van der Waals surface area contributed by atoms with Gasteiger partial charge in [0.15, 0.2) is 5.78 Å². The highest BCUT2D eigenvalue weighted by Crippen LogP contribution is 2.14. The van der Waals surface area contributed by atoms with Crippen molar-refractivity contribution in [3.8, 4) is 5.75 Å². The number of carbonyl (C=O) groups excluding carboxylic acids is 3. The minimum absolute atomic E-state index is 0.0128. The summed E-state index contributed by atoms with van der Waals surface area (Å²) >= 11 is 0. The van der Waals surface area contributed by atoms with Crippen molar-refractivity contribution in [2.24, 2.45) is 0 Å². The maximum atomic E-state index is 12.1. The van der Waals surface area contributed by atoms with Crippen LogP contribution in [0.1, 0.15) is 40.5 Å². The van der Waals surface area contributed by atoms with Gasteiger partial charge in [-0.3, -0.25) is 25.2 Å². The minimum atomic E-state index is -0.427. The highest BCUT2D eigenvalue weighted by Gasteiger charge is 2.11. The van der Waals surface area contributed by atoms with Crippen molar-refractivity contribution < 1.29 is 19.1 Å². The summed E-state index contributed by atoms with van der Waals surface area (Å²) in [6.45, 7) is 2.44. The van der Waals surface area contributed by atoms with E-state index < -0.39 is 11.8 Å². The van der Waals surface area contributed by atoms with E-state index in [1.165, 1.54) is 0 Å². The Hall–Kier alpha value is -3.15. The molecule has 6 heteroatoms. The third-order valence-electron chi connectivity index (χ3n) is 3.42. The molecule has 0 bridgehead atoms. The smallest absolute Gasteiger partial charge is 0.269 e. The van der Waals surface area contributed by atoms with Gasteiger partial charge < -0.3 is 4.74 Å². The second-order valence-corrected chi connectivity index (χ2v) is 5.25. The van der Waals surface area contributed by atoms with Gasteiger partial charge >= 0.3 is 0 Å². The number of hydrogen-bond donors (Lipinski definition) is 2. The van der Waals surface area contributed by atoms with Crippen molar-refractivity contribution in [3.63, 3.8) is 0 Å². The molecule has 0 aromatic heterocycles. The Bertz CT molecular complexity index is 727. The average Bonchev–Trinajstić information content (AvgIpc) is 2.65. The van der Waals surface area contributed by atoms with Gasteiger partial charge in [0.1, 0.15) is 5.75 Å². The first kappa shape index (κ1) is 18.2. The van der Waals surface area contributed by atoms with Gasteiger partial charge in [-0.05, 0) is 43.3 Å². The fourth-order valence-electron chi connectivity index (χ4n) is 2.13. The first-order valence-electron chi connectivity index (χ1n) is 8.00. The Balaban J connectivity index is 1.75. The first-order valence-corrected chi connectivity index (χ1v) is 8.00. The predicted octanol–water partition coefficient (Wildman–Crippen LogP) is 2.51. The molecule has 0 fully saturated rings. The molecule has 6 nitrogen and oxygen atoms in total. The van der Waals surface area contributed by atoms with Gasteiger partial charge in [0.05, 0.1) is 6.61 Å². The number of ketones is 1. The highest BCUT2D eigenvalue weighted by atomic mass is 16.5. The minimum Gasteiger partial charge on any atom is -0.494 e. The second kappa shape index (κ2) is 9.22. The third kappa shape index (κ3) is 5.76. The zero-order chi connectivity index (χ0) is 18.1. The number of ether oxygens (including phenoxy) is 1. The van der Waals surface area contributed by atoms with Crippen molar-refractivity contribution in [3.05, 3.63) is 65.7 Å². The van der Waals surface area contributed by atoms with Crippen LogP contribution in [0.2, 0.25) is 0 Å². The van der Waals surface area contributed by atoms with Crippen molar-refractivity contribution in [1.82, 2.24) is 10.9 Å². The summed E-state index contributed by atoms with van der Waals surface area (Å²) in [5.41, 5.74) is 5.58. The van der Waals surface area contributed by atoms with E-state index in [2.05, 4.69) is 10.9 Å². The lowest BCUT2D eigenvalue weighted by Crippen LogP contribution is -2.41. The maximum Gasteiger partial charge on any atom is 0.269 e. The number of Topliss-reactive ketones (excluding diaryl/α,β-unsaturated/α-hetero) is 1. The third-order valence-corrected chi connectivity index (χ3v) is 3.42. The topological polar surface area (TPSA) is 84.5 Å². The summed E-state index contributed by atoms with van der Waals surface area (Å²) < 4.78 is 5.31. The molecule has 130 valence electrons. The number of benzene rings is 2. The van der Waals surface area contributed by atoms with Crippen LogP contribution in [0.15, 0.2) is 54.6 Å². The Morgan fingerprint density at radius 3 is 2.16 bits per heavy atom. The lowest BCUT2D eigenvalue weighted by Gasteiger charge is -2.07. The van der Waals surface area contributed by atoms with Crippen molar-refractivity contribution in [2.45, 2.75) is 19.8 Å². The lowest BCUT2D eigenvalue weighted by atomic mass is 10.1. The van der Waals surface area contributed by atoms with Crippen LogP contribution in [0.5, 0.6) is 5.75 Å². The molecule has 2 aromatic carbocycles. The van der Waals surface area contributed by atoms with Gasteiger partial charge in [0.25, 0.3) is 5.91 Å². The SMILES string of the molecule is CCOc1ccc(C(=O)CCC(=O)NNC(=O)c2ccccc2)cc1. The van der Waals surface area contributed by atoms with Crippen LogP contribution in [0.4, 0.5) is 0 Å². The number of hydrogen-bond acceptors (Lipinski definition) is 4. The molecule has 0 aliphatic heterocycles. The fraction of sp³-hybridized carbons (Fsp3) is 0.211. The molecule has 0 saturated heterocycles. The predicted molar refractivity (Wildman–Crippen MR) is 93.2 cm³/mol. The van der Waals surface area contributed by atoms with Crippen LogP contribution < -0.4 is 15.6 Å². The van der Waals surface area contributed by atoms with E-state index in [4.69, 9.17) is 4.74 Å². The van der Waals surface area contributed by atoms with Gasteiger partial charge in [-0.2, -0.15) is 0 Å². The fourth-order valence-corrected chi connectivity index (χ4v) is 2.13. The maximum absolute atomic E-state index is 12.1. The largest absolute Gasteiger partial charge is 0.494 e. The molecular weight excluding hydrogens is 320 g/mol. The average molecular weight is 340 g/mol. The molecule has 0 aliphatic rings. The molecule has 2 rings (SSSR count). The molecule has 0 atom stereocenters. The van der Waals surface area contributed by atoms with Crippen LogP contribution in [-0.2, 0) is 4.79 Å². The van der Waals surface area contributed by atoms with E-state index in [0.29, 0.717) is 23.5 Å². The zero-order valence-corrected chi connectivity index (χ0v) is 14.0. The summed E-state index contributed by atoms with van der Waals surface area (Å²) in [5.74, 6) is -0.289. The van der Waals surface area contributed by atoms with Gasteiger partial charge in [-0.25, -0.2) is 0 Å². The molecule has 0 saturated carbocycles. The van der Waals surface area contributed by atoms with Gasteiger partial charge in [0.2, 0.25) is 5.91 Å². The van der Waals surface area contributed by atoms with Gasteiger partial charge in [-0.1, -0.05) is 18.2 Å². The van der Waals surface area contributed by atoms with Crippen LogP contribution >= 0.6 is 0 Å². The number of rotatable bonds is 7. The molecule has 2 amide bonds. The summed E-state index contributed by atoms with van der Waals surface area (Å²) in [4.78, 5) is 35.6. The van der Waals surface area contributed by atoms with Crippen molar-refractivity contribution in [2.75, 3.05) is 6.61 Å². The molecule has 2 aromatic rings. The van der Waals surface area contributed by atoms with E-state index in [9.17, 15) is 14.4 Å². The summed E-state index contributed by atoms with van der Waals surface area (Å²) in [6.07, 6.45) is 0.0438. The Morgan fingerprint density at radius 2 is 1.52 bits per heavy atom. The van der Waals surface area contributed by atoms with Crippen LogP contribution in [0, 0.1) is 0 Å². The normalized spacial score (nSPS) is 9.96. The monoisotopic (exact) mass is 340 g/mol. The molecule has 2 N–H and O–H groups in total. The standard InChI is InChI=1S/C19H20N2O4/c1-2-25-16-10-8-14(9-11-16)17(22)12-13-18(23)20-21-19(24)15-6-4-3-5-7-15/h3-11H,2,12-13H2,1H3,(H,20,23)(H,21,24). The van der Waals surface area contributed by atoms with Crippen molar-refractivity contribution in [1.29, 1.82) is 0 Å². The van der Waals surface area contributed by atoms with E-state index in [-0.39, 0.29) is 18.6 Å². The molecule has 0 radical (unpaired) electrons. The number of amides is 2. The van der Waals surface area contributed by atoms with E-state index in [0.717, 1.165) is 0 Å². The van der Waals surface area contributed by atoms with Gasteiger partial charge in [0, 0.05) is 24.0 Å². The van der Waals surface area contributed by atoms with Crippen LogP contribution in [0.3, 0.4) is 0 Å². The summed E-state index contributed by atoms with van der Waals surface area (Å²) in [7, 11) is 0. The molecular formula is C19H20N2O4. The molecule has 25 heavy (non-hydrogen) atoms. The summed E-state index contributed by atoms with van der Waals surface area (Å²) in [6, 6.07) is 15.3. The Kier molecular flexibility index (Phi) is 6.71. The number of nitrogens with one attached hydrogen (secondary N) is 2. The highest BCUT2D eigenvalue weighted by molar-refractivity contribution is 5.98. The molecule has 0 heterocycles. The van der Waals surface area contributed by atoms with E-state index in [1.54, 1.807) is 54.6 Å². The quantitative estimate of drug-likeness (QED) is 0.599. The molecule has 0 aliphatic carbocycles. The second-order valence-electron chi connectivity index (χ2n) is 5.25. The van der Waals surface area contributed by atoms with Crippen LogP contribution in [0.25, 0.3) is 0 Å². The molecule has 0 unspecified atom stereocenters.